The number of aryl methyl sites for hydroxylation is 1. The monoisotopic (exact) mass is 264 g/mol. The summed E-state index contributed by atoms with van der Waals surface area (Å²) in [4.78, 5) is 0.953. The van der Waals surface area contributed by atoms with E-state index >= 15 is 0 Å². The van der Waals surface area contributed by atoms with Crippen LogP contribution in [0.15, 0.2) is 36.4 Å². The number of fused-ring (bicyclic) bond motifs is 1. The van der Waals surface area contributed by atoms with Crippen molar-refractivity contribution >= 4 is 22.9 Å². The fourth-order valence-electron chi connectivity index (χ4n) is 2.60. The highest BCUT2D eigenvalue weighted by molar-refractivity contribution is 7.16. The highest BCUT2D eigenvalue weighted by Crippen LogP contribution is 2.43. The standard InChI is InChI=1S/C14H13ClOS/c15-13-8-7-12(17-13)14(16)9-3-5-10-4-1-2-6-11(10)14/h1-2,4,6-8,16H,3,5,9H2. The van der Waals surface area contributed by atoms with E-state index in [1.54, 1.807) is 0 Å². The van der Waals surface area contributed by atoms with Gasteiger partial charge >= 0.3 is 0 Å². The van der Waals surface area contributed by atoms with E-state index in [9.17, 15) is 5.11 Å². The van der Waals surface area contributed by atoms with Crippen LogP contribution in [0.1, 0.15) is 28.8 Å². The van der Waals surface area contributed by atoms with Gasteiger partial charge in [-0.2, -0.15) is 0 Å². The van der Waals surface area contributed by atoms with E-state index in [2.05, 4.69) is 6.07 Å². The summed E-state index contributed by atoms with van der Waals surface area (Å²) in [7, 11) is 0. The molecular weight excluding hydrogens is 252 g/mol. The summed E-state index contributed by atoms with van der Waals surface area (Å²) in [6, 6.07) is 12.0. The summed E-state index contributed by atoms with van der Waals surface area (Å²) < 4.78 is 0.733. The summed E-state index contributed by atoms with van der Waals surface area (Å²) in [6.45, 7) is 0. The molecule has 0 radical (unpaired) electrons. The number of halogens is 1. The fraction of sp³-hybridized carbons (Fsp3) is 0.286. The quantitative estimate of drug-likeness (QED) is 0.826. The van der Waals surface area contributed by atoms with E-state index in [1.807, 2.05) is 30.3 Å². The van der Waals surface area contributed by atoms with Crippen LogP contribution in [0.2, 0.25) is 4.34 Å². The van der Waals surface area contributed by atoms with Crippen LogP contribution in [-0.2, 0) is 12.0 Å². The fourth-order valence-corrected chi connectivity index (χ4v) is 3.78. The number of hydrogen-bond donors (Lipinski definition) is 1. The Morgan fingerprint density at radius 1 is 1.18 bits per heavy atom. The molecular formula is C14H13ClOS. The van der Waals surface area contributed by atoms with E-state index in [-0.39, 0.29) is 0 Å². The normalized spacial score (nSPS) is 23.4. The molecule has 1 atom stereocenters. The second-order valence-electron chi connectivity index (χ2n) is 4.47. The van der Waals surface area contributed by atoms with E-state index in [0.717, 1.165) is 34.0 Å². The summed E-state index contributed by atoms with van der Waals surface area (Å²) in [5, 5.41) is 11.0. The molecule has 1 aliphatic rings. The Morgan fingerprint density at radius 2 is 2.00 bits per heavy atom. The Labute approximate surface area is 110 Å². The molecule has 0 bridgehead atoms. The van der Waals surface area contributed by atoms with Crippen LogP contribution in [0.25, 0.3) is 0 Å². The molecule has 0 fully saturated rings. The van der Waals surface area contributed by atoms with Gasteiger partial charge in [-0.3, -0.25) is 0 Å². The molecule has 3 heteroatoms. The molecule has 1 heterocycles. The molecule has 0 saturated carbocycles. The topological polar surface area (TPSA) is 20.2 Å². The summed E-state index contributed by atoms with van der Waals surface area (Å²) >= 11 is 7.45. The van der Waals surface area contributed by atoms with Crippen molar-refractivity contribution in [3.05, 3.63) is 56.7 Å². The second kappa shape index (κ2) is 4.13. The molecule has 1 unspecified atom stereocenters. The van der Waals surface area contributed by atoms with Crippen molar-refractivity contribution in [1.82, 2.24) is 0 Å². The zero-order valence-corrected chi connectivity index (χ0v) is 10.9. The Kier molecular flexibility index (Phi) is 2.74. The van der Waals surface area contributed by atoms with Gasteiger partial charge in [-0.05, 0) is 42.5 Å². The molecule has 1 aromatic carbocycles. The SMILES string of the molecule is OC1(c2ccc(Cl)s2)CCCc2ccccc21. The number of hydrogen-bond acceptors (Lipinski definition) is 2. The molecule has 2 aromatic rings. The lowest BCUT2D eigenvalue weighted by Crippen LogP contribution is -2.30. The predicted octanol–water partition coefficient (Wildman–Crippen LogP) is 3.97. The van der Waals surface area contributed by atoms with Crippen molar-refractivity contribution in [2.75, 3.05) is 0 Å². The number of thiophene rings is 1. The van der Waals surface area contributed by atoms with Gasteiger partial charge in [-0.15, -0.1) is 11.3 Å². The molecule has 88 valence electrons. The Morgan fingerprint density at radius 3 is 2.76 bits per heavy atom. The second-order valence-corrected chi connectivity index (χ2v) is 6.19. The molecule has 0 aliphatic heterocycles. The minimum atomic E-state index is -0.841. The zero-order chi connectivity index (χ0) is 11.9. The van der Waals surface area contributed by atoms with Crippen molar-refractivity contribution in [2.24, 2.45) is 0 Å². The van der Waals surface area contributed by atoms with Gasteiger partial charge in [0, 0.05) is 4.88 Å². The third-order valence-corrected chi connectivity index (χ3v) is 4.81. The number of aliphatic hydroxyl groups is 1. The number of rotatable bonds is 1. The maximum absolute atomic E-state index is 11.0. The van der Waals surface area contributed by atoms with Gasteiger partial charge in [-0.1, -0.05) is 35.9 Å². The van der Waals surface area contributed by atoms with Crippen LogP contribution in [0.3, 0.4) is 0 Å². The first-order valence-electron chi connectivity index (χ1n) is 5.77. The van der Waals surface area contributed by atoms with Gasteiger partial charge in [0.15, 0.2) is 0 Å². The molecule has 17 heavy (non-hydrogen) atoms. The zero-order valence-electron chi connectivity index (χ0n) is 9.32. The highest BCUT2D eigenvalue weighted by Gasteiger charge is 2.36. The Balaban J connectivity index is 2.15. The van der Waals surface area contributed by atoms with Gasteiger partial charge < -0.3 is 5.11 Å². The predicted molar refractivity (Wildman–Crippen MR) is 71.7 cm³/mol. The average molecular weight is 265 g/mol. The molecule has 1 aromatic heterocycles. The molecule has 0 amide bonds. The van der Waals surface area contributed by atoms with Crippen LogP contribution < -0.4 is 0 Å². The highest BCUT2D eigenvalue weighted by atomic mass is 35.5. The molecule has 1 N–H and O–H groups in total. The lowest BCUT2D eigenvalue weighted by Gasteiger charge is -2.33. The maximum Gasteiger partial charge on any atom is 0.124 e. The first kappa shape index (κ1) is 11.3. The number of benzene rings is 1. The van der Waals surface area contributed by atoms with Crippen LogP contribution in [-0.4, -0.2) is 5.11 Å². The van der Waals surface area contributed by atoms with Crippen molar-refractivity contribution in [1.29, 1.82) is 0 Å². The molecule has 0 spiro atoms. The summed E-state index contributed by atoms with van der Waals surface area (Å²) in [5.74, 6) is 0. The minimum Gasteiger partial charge on any atom is -0.380 e. The van der Waals surface area contributed by atoms with Crippen LogP contribution in [0.4, 0.5) is 0 Å². The van der Waals surface area contributed by atoms with Gasteiger partial charge in [0.25, 0.3) is 0 Å². The molecule has 1 aliphatic carbocycles. The van der Waals surface area contributed by atoms with E-state index in [0.29, 0.717) is 0 Å². The third-order valence-electron chi connectivity index (χ3n) is 3.43. The summed E-state index contributed by atoms with van der Waals surface area (Å²) in [5.41, 5.74) is 1.46. The largest absolute Gasteiger partial charge is 0.380 e. The molecule has 0 saturated heterocycles. The van der Waals surface area contributed by atoms with Gasteiger partial charge in [-0.25, -0.2) is 0 Å². The van der Waals surface area contributed by atoms with E-state index < -0.39 is 5.60 Å². The first-order valence-corrected chi connectivity index (χ1v) is 6.96. The molecule has 3 rings (SSSR count). The Bertz CT molecular complexity index is 549. The van der Waals surface area contributed by atoms with Crippen LogP contribution >= 0.6 is 22.9 Å². The molecule has 1 nitrogen and oxygen atoms in total. The lowest BCUT2D eigenvalue weighted by molar-refractivity contribution is 0.0653. The smallest absolute Gasteiger partial charge is 0.124 e. The Hall–Kier alpha value is -0.830. The minimum absolute atomic E-state index is 0.733. The first-order chi connectivity index (χ1) is 8.20. The van der Waals surface area contributed by atoms with Gasteiger partial charge in [0.05, 0.1) is 4.34 Å². The van der Waals surface area contributed by atoms with Crippen molar-refractivity contribution in [3.63, 3.8) is 0 Å². The third kappa shape index (κ3) is 1.81. The van der Waals surface area contributed by atoms with E-state index in [1.165, 1.54) is 16.9 Å². The van der Waals surface area contributed by atoms with Crippen molar-refractivity contribution in [2.45, 2.75) is 24.9 Å². The van der Waals surface area contributed by atoms with Crippen molar-refractivity contribution < 1.29 is 5.11 Å². The van der Waals surface area contributed by atoms with Crippen LogP contribution in [0.5, 0.6) is 0 Å². The van der Waals surface area contributed by atoms with Crippen LogP contribution in [0, 0.1) is 0 Å². The van der Waals surface area contributed by atoms with E-state index in [4.69, 9.17) is 11.6 Å². The van der Waals surface area contributed by atoms with Gasteiger partial charge in [0.1, 0.15) is 5.60 Å². The lowest BCUT2D eigenvalue weighted by atomic mass is 9.78. The maximum atomic E-state index is 11.0. The van der Waals surface area contributed by atoms with Gasteiger partial charge in [0.2, 0.25) is 0 Å². The van der Waals surface area contributed by atoms with Crippen molar-refractivity contribution in [3.8, 4) is 0 Å². The average Bonchev–Trinajstić information content (AvgIpc) is 2.77. The summed E-state index contributed by atoms with van der Waals surface area (Å²) in [6.07, 6.45) is 2.85.